The van der Waals surface area contributed by atoms with Gasteiger partial charge in [-0.3, -0.25) is 9.10 Å². The second kappa shape index (κ2) is 8.54. The summed E-state index contributed by atoms with van der Waals surface area (Å²) in [5.74, 6) is 0.533. The summed E-state index contributed by atoms with van der Waals surface area (Å²) in [6.45, 7) is 5.49. The van der Waals surface area contributed by atoms with Crippen LogP contribution < -0.4 is 4.31 Å². The molecule has 3 rings (SSSR count). The van der Waals surface area contributed by atoms with Gasteiger partial charge in [0.2, 0.25) is 0 Å². The molecule has 0 saturated carbocycles. The molecular weight excluding hydrogens is 431 g/mol. The molecule has 8 heteroatoms. The third-order valence-electron chi connectivity index (χ3n) is 5.17. The van der Waals surface area contributed by atoms with E-state index in [1.807, 2.05) is 0 Å². The van der Waals surface area contributed by atoms with E-state index in [0.29, 0.717) is 35.6 Å². The Morgan fingerprint density at radius 1 is 1.03 bits per heavy atom. The number of piperidine rings is 1. The van der Waals surface area contributed by atoms with E-state index >= 15 is 0 Å². The molecule has 1 heterocycles. The van der Waals surface area contributed by atoms with Gasteiger partial charge in [-0.25, -0.2) is 8.42 Å². The van der Waals surface area contributed by atoms with Crippen LogP contribution in [-0.4, -0.2) is 39.4 Å². The van der Waals surface area contributed by atoms with Crippen molar-refractivity contribution in [3.05, 3.63) is 58.1 Å². The number of amides is 1. The van der Waals surface area contributed by atoms with E-state index < -0.39 is 10.0 Å². The molecule has 1 fully saturated rings. The molecule has 1 amide bonds. The average Bonchev–Trinajstić information content (AvgIpc) is 2.66. The molecule has 0 radical (unpaired) electrons. The van der Waals surface area contributed by atoms with E-state index in [-0.39, 0.29) is 21.4 Å². The first-order chi connectivity index (χ1) is 13.6. The Hall–Kier alpha value is -1.76. The van der Waals surface area contributed by atoms with Gasteiger partial charge >= 0.3 is 0 Å². The molecule has 2 atom stereocenters. The first-order valence-electron chi connectivity index (χ1n) is 9.43. The standard InChI is InChI=1S/C21H24Cl2N2O3S/c1-14-10-15(2)13-25(12-14)21(26)17-11-16(8-9-18(17)22)29(27,28)24(3)20-7-5-4-6-19(20)23/h4-9,11,14-15H,10,12-13H2,1-3H3. The Labute approximate surface area is 182 Å². The molecule has 0 bridgehead atoms. The van der Waals surface area contributed by atoms with Crippen LogP contribution in [0.15, 0.2) is 47.4 Å². The molecule has 5 nitrogen and oxygen atoms in total. The van der Waals surface area contributed by atoms with Crippen molar-refractivity contribution < 1.29 is 13.2 Å². The van der Waals surface area contributed by atoms with Crippen LogP contribution in [0.5, 0.6) is 0 Å². The Balaban J connectivity index is 1.96. The normalized spacial score (nSPS) is 19.8. The third-order valence-corrected chi connectivity index (χ3v) is 7.59. The van der Waals surface area contributed by atoms with Gasteiger partial charge in [-0.2, -0.15) is 0 Å². The number of benzene rings is 2. The maximum Gasteiger partial charge on any atom is 0.264 e. The van der Waals surface area contributed by atoms with Crippen molar-refractivity contribution in [3.8, 4) is 0 Å². The summed E-state index contributed by atoms with van der Waals surface area (Å²) in [6.07, 6.45) is 1.06. The summed E-state index contributed by atoms with van der Waals surface area (Å²) < 4.78 is 27.4. The molecule has 1 aliphatic rings. The smallest absolute Gasteiger partial charge is 0.264 e. The number of nitrogens with zero attached hydrogens (tertiary/aromatic N) is 2. The minimum atomic E-state index is -3.92. The summed E-state index contributed by atoms with van der Waals surface area (Å²) in [5, 5.41) is 0.556. The van der Waals surface area contributed by atoms with Gasteiger partial charge < -0.3 is 4.90 Å². The molecule has 156 valence electrons. The van der Waals surface area contributed by atoms with Crippen LogP contribution in [0.2, 0.25) is 10.0 Å². The van der Waals surface area contributed by atoms with Crippen molar-refractivity contribution in [1.82, 2.24) is 4.90 Å². The van der Waals surface area contributed by atoms with Gasteiger partial charge in [-0.1, -0.05) is 49.2 Å². The van der Waals surface area contributed by atoms with Crippen molar-refractivity contribution in [2.24, 2.45) is 11.8 Å². The monoisotopic (exact) mass is 454 g/mol. The van der Waals surface area contributed by atoms with Crippen LogP contribution in [-0.2, 0) is 10.0 Å². The zero-order valence-electron chi connectivity index (χ0n) is 16.6. The van der Waals surface area contributed by atoms with Gasteiger partial charge in [0.15, 0.2) is 0 Å². The Morgan fingerprint density at radius 3 is 2.28 bits per heavy atom. The van der Waals surface area contributed by atoms with Gasteiger partial charge in [0.25, 0.3) is 15.9 Å². The van der Waals surface area contributed by atoms with E-state index in [4.69, 9.17) is 23.2 Å². The van der Waals surface area contributed by atoms with Crippen LogP contribution in [0.1, 0.15) is 30.6 Å². The van der Waals surface area contributed by atoms with Gasteiger partial charge in [-0.15, -0.1) is 0 Å². The second-order valence-electron chi connectivity index (χ2n) is 7.72. The fourth-order valence-corrected chi connectivity index (χ4v) is 5.57. The van der Waals surface area contributed by atoms with Crippen molar-refractivity contribution >= 4 is 44.8 Å². The molecule has 0 aliphatic carbocycles. The van der Waals surface area contributed by atoms with Crippen molar-refractivity contribution in [3.63, 3.8) is 0 Å². The highest BCUT2D eigenvalue weighted by molar-refractivity contribution is 7.92. The Morgan fingerprint density at radius 2 is 1.66 bits per heavy atom. The molecular formula is C21H24Cl2N2O3S. The highest BCUT2D eigenvalue weighted by Gasteiger charge is 2.29. The SMILES string of the molecule is CC1CC(C)CN(C(=O)c2cc(S(=O)(=O)N(C)c3ccccc3Cl)ccc2Cl)C1. The predicted octanol–water partition coefficient (Wildman–Crippen LogP) is 4.94. The zero-order valence-corrected chi connectivity index (χ0v) is 18.9. The van der Waals surface area contributed by atoms with Crippen molar-refractivity contribution in [2.45, 2.75) is 25.2 Å². The first kappa shape index (κ1) is 21.9. The van der Waals surface area contributed by atoms with Crippen LogP contribution in [0, 0.1) is 11.8 Å². The minimum absolute atomic E-state index is 0.00854. The van der Waals surface area contributed by atoms with Gasteiger partial charge in [-0.05, 0) is 48.6 Å². The van der Waals surface area contributed by atoms with Crippen LogP contribution >= 0.6 is 23.2 Å². The van der Waals surface area contributed by atoms with Crippen LogP contribution in [0.4, 0.5) is 5.69 Å². The van der Waals surface area contributed by atoms with E-state index in [1.54, 1.807) is 29.2 Å². The van der Waals surface area contributed by atoms with E-state index in [0.717, 1.165) is 10.7 Å². The number of sulfonamides is 1. The lowest BCUT2D eigenvalue weighted by atomic mass is 9.91. The highest BCUT2D eigenvalue weighted by atomic mass is 35.5. The number of rotatable bonds is 4. The van der Waals surface area contributed by atoms with E-state index in [9.17, 15) is 13.2 Å². The summed E-state index contributed by atoms with van der Waals surface area (Å²) in [6, 6.07) is 10.9. The van der Waals surface area contributed by atoms with Gasteiger partial charge in [0.05, 0.1) is 26.2 Å². The van der Waals surface area contributed by atoms with E-state index in [2.05, 4.69) is 13.8 Å². The van der Waals surface area contributed by atoms with Gasteiger partial charge in [0, 0.05) is 20.1 Å². The summed E-state index contributed by atoms with van der Waals surface area (Å²) >= 11 is 12.4. The number of halogens is 2. The van der Waals surface area contributed by atoms with Crippen LogP contribution in [0.25, 0.3) is 0 Å². The molecule has 2 aromatic rings. The molecule has 2 unspecified atom stereocenters. The topological polar surface area (TPSA) is 57.7 Å². The van der Waals surface area contributed by atoms with Crippen LogP contribution in [0.3, 0.4) is 0 Å². The second-order valence-corrected chi connectivity index (χ2v) is 10.5. The number of carbonyl (C=O) groups excluding carboxylic acids is 1. The Bertz CT molecular complexity index is 1020. The molecule has 29 heavy (non-hydrogen) atoms. The lowest BCUT2D eigenvalue weighted by Crippen LogP contribution is -2.42. The lowest BCUT2D eigenvalue weighted by Gasteiger charge is -2.35. The maximum atomic E-state index is 13.2. The molecule has 0 aromatic heterocycles. The number of likely N-dealkylation sites (tertiary alicyclic amines) is 1. The number of hydrogen-bond acceptors (Lipinski definition) is 3. The highest BCUT2D eigenvalue weighted by Crippen LogP contribution is 2.31. The molecule has 2 aromatic carbocycles. The fourth-order valence-electron chi connectivity index (χ4n) is 3.82. The predicted molar refractivity (Wildman–Crippen MR) is 117 cm³/mol. The number of para-hydroxylation sites is 1. The molecule has 0 N–H and O–H groups in total. The summed E-state index contributed by atoms with van der Waals surface area (Å²) in [5.41, 5.74) is 0.553. The average molecular weight is 455 g/mol. The number of hydrogen-bond donors (Lipinski definition) is 0. The zero-order chi connectivity index (χ0) is 21.3. The van der Waals surface area contributed by atoms with Crippen molar-refractivity contribution in [1.29, 1.82) is 0 Å². The minimum Gasteiger partial charge on any atom is -0.338 e. The fraction of sp³-hybridized carbons (Fsp3) is 0.381. The lowest BCUT2D eigenvalue weighted by molar-refractivity contribution is 0.0623. The largest absolute Gasteiger partial charge is 0.338 e. The Kier molecular flexibility index (Phi) is 6.46. The summed E-state index contributed by atoms with van der Waals surface area (Å²) in [7, 11) is -2.49. The number of carbonyl (C=O) groups is 1. The number of anilines is 1. The van der Waals surface area contributed by atoms with E-state index in [1.165, 1.54) is 25.2 Å². The maximum absolute atomic E-state index is 13.2. The quantitative estimate of drug-likeness (QED) is 0.657. The van der Waals surface area contributed by atoms with Crippen molar-refractivity contribution in [2.75, 3.05) is 24.4 Å². The summed E-state index contributed by atoms with van der Waals surface area (Å²) in [4.78, 5) is 14.8. The molecule has 0 spiro atoms. The molecule has 1 aliphatic heterocycles. The first-order valence-corrected chi connectivity index (χ1v) is 11.6. The molecule has 1 saturated heterocycles. The third kappa shape index (κ3) is 4.55. The van der Waals surface area contributed by atoms with Gasteiger partial charge in [0.1, 0.15) is 0 Å².